The number of nitrogens with two attached hydrogens (primary N) is 2. The van der Waals surface area contributed by atoms with Gasteiger partial charge in [-0.1, -0.05) is 0 Å². The van der Waals surface area contributed by atoms with Crippen LogP contribution in [0.3, 0.4) is 0 Å². The SMILES string of the molecule is Cc1c(N)cncc1-c1cc2cc(Nc3cc4n(n3)CC(=O)N(CC(F)F)CC4)ncc2c(N)c1F. The molecule has 0 fully saturated rings. The van der Waals surface area contributed by atoms with Crippen molar-refractivity contribution in [1.82, 2.24) is 24.6 Å². The van der Waals surface area contributed by atoms with Crippen LogP contribution in [0.2, 0.25) is 0 Å². The van der Waals surface area contributed by atoms with Gasteiger partial charge < -0.3 is 21.7 Å². The molecule has 0 atom stereocenters. The highest BCUT2D eigenvalue weighted by Crippen LogP contribution is 2.36. The van der Waals surface area contributed by atoms with E-state index < -0.39 is 24.7 Å². The van der Waals surface area contributed by atoms with Crippen LogP contribution in [0.4, 0.5) is 36.2 Å². The summed E-state index contributed by atoms with van der Waals surface area (Å²) in [5, 5.41) is 8.57. The summed E-state index contributed by atoms with van der Waals surface area (Å²) in [6, 6.07) is 5.12. The van der Waals surface area contributed by atoms with Crippen LogP contribution in [0, 0.1) is 12.7 Å². The van der Waals surface area contributed by atoms with E-state index in [-0.39, 0.29) is 24.3 Å². The third-order valence-electron chi connectivity index (χ3n) is 6.30. The molecule has 1 aromatic carbocycles. The van der Waals surface area contributed by atoms with Crippen molar-refractivity contribution in [3.63, 3.8) is 0 Å². The second-order valence-electron chi connectivity index (χ2n) is 8.63. The topological polar surface area (TPSA) is 128 Å². The highest BCUT2D eigenvalue weighted by atomic mass is 19.3. The summed E-state index contributed by atoms with van der Waals surface area (Å²) >= 11 is 0. The first-order chi connectivity index (χ1) is 17.2. The van der Waals surface area contributed by atoms with E-state index in [1.54, 1.807) is 25.1 Å². The fourth-order valence-corrected chi connectivity index (χ4v) is 4.32. The molecule has 0 saturated carbocycles. The van der Waals surface area contributed by atoms with Crippen molar-refractivity contribution in [1.29, 1.82) is 0 Å². The molecule has 36 heavy (non-hydrogen) atoms. The van der Waals surface area contributed by atoms with E-state index in [0.29, 0.717) is 45.6 Å². The number of carbonyl (C=O) groups is 1. The van der Waals surface area contributed by atoms with Gasteiger partial charge in [-0.2, -0.15) is 5.10 Å². The molecule has 4 heterocycles. The molecule has 1 aliphatic heterocycles. The zero-order valence-electron chi connectivity index (χ0n) is 19.3. The van der Waals surface area contributed by atoms with Crippen LogP contribution in [0.5, 0.6) is 0 Å². The van der Waals surface area contributed by atoms with Crippen LogP contribution < -0.4 is 16.8 Å². The molecule has 3 aromatic heterocycles. The molecule has 186 valence electrons. The number of rotatable bonds is 5. The quantitative estimate of drug-likeness (QED) is 0.361. The van der Waals surface area contributed by atoms with Gasteiger partial charge in [-0.25, -0.2) is 18.2 Å². The number of fused-ring (bicyclic) bond motifs is 2. The number of pyridine rings is 2. The highest BCUT2D eigenvalue weighted by molar-refractivity contribution is 5.98. The van der Waals surface area contributed by atoms with Crippen LogP contribution in [0.25, 0.3) is 21.9 Å². The van der Waals surface area contributed by atoms with Crippen molar-refractivity contribution < 1.29 is 18.0 Å². The minimum Gasteiger partial charge on any atom is -0.397 e. The largest absolute Gasteiger partial charge is 0.397 e. The number of hydrogen-bond donors (Lipinski definition) is 3. The fraction of sp³-hybridized carbons (Fsp3) is 0.250. The lowest BCUT2D eigenvalue weighted by Crippen LogP contribution is -2.36. The average Bonchev–Trinajstić information content (AvgIpc) is 3.14. The third-order valence-corrected chi connectivity index (χ3v) is 6.30. The minimum absolute atomic E-state index is 0.0380. The van der Waals surface area contributed by atoms with Gasteiger partial charge in [-0.05, 0) is 30.0 Å². The van der Waals surface area contributed by atoms with Crippen molar-refractivity contribution in [2.75, 3.05) is 29.9 Å². The highest BCUT2D eigenvalue weighted by Gasteiger charge is 2.24. The van der Waals surface area contributed by atoms with Gasteiger partial charge in [0.1, 0.15) is 12.4 Å². The normalized spacial score (nSPS) is 13.8. The maximum absolute atomic E-state index is 15.1. The number of amides is 1. The van der Waals surface area contributed by atoms with Crippen molar-refractivity contribution in [3.05, 3.63) is 53.9 Å². The first-order valence-electron chi connectivity index (χ1n) is 11.2. The van der Waals surface area contributed by atoms with Gasteiger partial charge in [0, 0.05) is 53.6 Å². The van der Waals surface area contributed by atoms with Gasteiger partial charge in [0.25, 0.3) is 6.43 Å². The molecule has 0 bridgehead atoms. The summed E-state index contributed by atoms with van der Waals surface area (Å²) in [4.78, 5) is 21.9. The Hall–Kier alpha value is -4.35. The Kier molecular flexibility index (Phi) is 5.86. The number of aromatic nitrogens is 4. The first-order valence-corrected chi connectivity index (χ1v) is 11.2. The third kappa shape index (κ3) is 4.25. The van der Waals surface area contributed by atoms with Crippen molar-refractivity contribution in [2.45, 2.75) is 26.3 Å². The predicted molar refractivity (Wildman–Crippen MR) is 130 cm³/mol. The van der Waals surface area contributed by atoms with Crippen molar-refractivity contribution >= 4 is 39.7 Å². The Morgan fingerprint density at radius 1 is 1.11 bits per heavy atom. The molecule has 0 unspecified atom stereocenters. The van der Waals surface area contributed by atoms with Crippen LogP contribution >= 0.6 is 0 Å². The Morgan fingerprint density at radius 2 is 1.92 bits per heavy atom. The van der Waals surface area contributed by atoms with Gasteiger partial charge >= 0.3 is 0 Å². The van der Waals surface area contributed by atoms with E-state index in [1.165, 1.54) is 23.3 Å². The predicted octanol–water partition coefficient (Wildman–Crippen LogP) is 3.50. The fourth-order valence-electron chi connectivity index (χ4n) is 4.32. The zero-order chi connectivity index (χ0) is 25.6. The molecular weight excluding hydrogens is 473 g/mol. The summed E-state index contributed by atoms with van der Waals surface area (Å²) in [7, 11) is 0. The summed E-state index contributed by atoms with van der Waals surface area (Å²) in [5.41, 5.74) is 14.7. The molecule has 5 N–H and O–H groups in total. The van der Waals surface area contributed by atoms with Crippen molar-refractivity contribution in [3.8, 4) is 11.1 Å². The summed E-state index contributed by atoms with van der Waals surface area (Å²) in [6.07, 6.45) is 2.32. The van der Waals surface area contributed by atoms with Crippen LogP contribution in [0.15, 0.2) is 36.8 Å². The molecule has 1 amide bonds. The van der Waals surface area contributed by atoms with E-state index in [1.807, 2.05) is 0 Å². The van der Waals surface area contributed by atoms with Crippen LogP contribution in [-0.4, -0.2) is 50.1 Å². The van der Waals surface area contributed by atoms with E-state index in [4.69, 9.17) is 11.5 Å². The average molecular weight is 496 g/mol. The van der Waals surface area contributed by atoms with Crippen LogP contribution in [0.1, 0.15) is 11.3 Å². The Morgan fingerprint density at radius 3 is 2.69 bits per heavy atom. The molecular formula is C24H23F3N8O. The van der Waals surface area contributed by atoms with E-state index in [2.05, 4.69) is 20.4 Å². The number of halogens is 3. The lowest BCUT2D eigenvalue weighted by atomic mass is 9.97. The molecule has 9 nitrogen and oxygen atoms in total. The summed E-state index contributed by atoms with van der Waals surface area (Å²) in [5.74, 6) is -0.119. The first kappa shape index (κ1) is 23.4. The molecule has 4 aromatic rings. The Labute approximate surface area is 203 Å². The molecule has 0 aliphatic carbocycles. The minimum atomic E-state index is -2.59. The van der Waals surface area contributed by atoms with E-state index in [0.717, 1.165) is 10.6 Å². The molecule has 1 aliphatic rings. The number of nitrogen functional groups attached to an aromatic ring is 2. The maximum atomic E-state index is 15.1. The lowest BCUT2D eigenvalue weighted by Gasteiger charge is -2.19. The number of carbonyl (C=O) groups excluding carboxylic acids is 1. The molecule has 12 heteroatoms. The monoisotopic (exact) mass is 496 g/mol. The Bertz CT molecular complexity index is 1490. The summed E-state index contributed by atoms with van der Waals surface area (Å²) in [6.45, 7) is 1.26. The smallest absolute Gasteiger partial charge is 0.255 e. The molecule has 0 saturated heterocycles. The summed E-state index contributed by atoms with van der Waals surface area (Å²) < 4.78 is 42.1. The second-order valence-corrected chi connectivity index (χ2v) is 8.63. The van der Waals surface area contributed by atoms with Gasteiger partial charge in [0.15, 0.2) is 11.6 Å². The number of hydrogen-bond acceptors (Lipinski definition) is 7. The number of benzene rings is 1. The van der Waals surface area contributed by atoms with Crippen molar-refractivity contribution in [2.24, 2.45) is 0 Å². The lowest BCUT2D eigenvalue weighted by molar-refractivity contribution is -0.133. The van der Waals surface area contributed by atoms with E-state index >= 15 is 4.39 Å². The number of alkyl halides is 2. The van der Waals surface area contributed by atoms with Gasteiger partial charge in [-0.15, -0.1) is 0 Å². The van der Waals surface area contributed by atoms with E-state index in [9.17, 15) is 13.6 Å². The molecule has 5 rings (SSSR count). The van der Waals surface area contributed by atoms with Gasteiger partial charge in [0.05, 0.1) is 24.1 Å². The number of nitrogens with zero attached hydrogens (tertiary/aromatic N) is 5. The Balaban J connectivity index is 1.44. The second kappa shape index (κ2) is 9.02. The number of nitrogens with one attached hydrogen (secondary N) is 1. The van der Waals surface area contributed by atoms with Gasteiger partial charge in [-0.3, -0.25) is 14.5 Å². The molecule has 0 radical (unpaired) electrons. The number of anilines is 4. The standard InChI is InChI=1S/C24H23F3N8O/c1-12-16(7-30-9-18(12)28)15-4-13-5-20(31-8-17(13)24(29)23(15)27)32-21-6-14-2-3-34(10-19(25)26)22(36)11-35(14)33-21/h4-9,19H,2-3,10-11,28-29H2,1H3,(H,31,32,33). The van der Waals surface area contributed by atoms with Crippen LogP contribution in [-0.2, 0) is 17.8 Å². The maximum Gasteiger partial charge on any atom is 0.255 e. The zero-order valence-corrected chi connectivity index (χ0v) is 19.3. The molecule has 0 spiro atoms. The van der Waals surface area contributed by atoms with Gasteiger partial charge in [0.2, 0.25) is 5.91 Å².